The van der Waals surface area contributed by atoms with Gasteiger partial charge in [0.25, 0.3) is 5.91 Å². The monoisotopic (exact) mass is 459 g/mol. The topological polar surface area (TPSA) is 80.8 Å². The molecule has 1 fully saturated rings. The fraction of sp³-hybridized carbons (Fsp3) is 0.296. The number of piperidine rings is 1. The molecule has 7 nitrogen and oxygen atoms in total. The molecule has 0 aliphatic carbocycles. The number of hydrogen-bond acceptors (Lipinski definition) is 5. The van der Waals surface area contributed by atoms with Crippen molar-refractivity contribution in [2.75, 3.05) is 27.3 Å². The minimum Gasteiger partial charge on any atom is -0.497 e. The van der Waals surface area contributed by atoms with E-state index in [0.717, 1.165) is 16.8 Å². The number of benzene rings is 2. The highest BCUT2D eigenvalue weighted by Crippen LogP contribution is 2.25. The first-order chi connectivity index (χ1) is 16.6. The van der Waals surface area contributed by atoms with Crippen molar-refractivity contribution in [1.29, 1.82) is 0 Å². The van der Waals surface area contributed by atoms with Crippen LogP contribution in [0.25, 0.3) is 11.3 Å². The highest BCUT2D eigenvalue weighted by molar-refractivity contribution is 5.95. The quantitative estimate of drug-likeness (QED) is 0.579. The van der Waals surface area contributed by atoms with Crippen molar-refractivity contribution in [2.45, 2.75) is 19.4 Å². The number of hydrogen-bond donors (Lipinski definition) is 1. The van der Waals surface area contributed by atoms with E-state index >= 15 is 0 Å². The number of ether oxygens (including phenoxy) is 2. The lowest BCUT2D eigenvalue weighted by Gasteiger charge is -2.31. The van der Waals surface area contributed by atoms with E-state index in [-0.39, 0.29) is 17.7 Å². The van der Waals surface area contributed by atoms with Gasteiger partial charge in [-0.3, -0.25) is 14.6 Å². The van der Waals surface area contributed by atoms with Crippen LogP contribution in [0, 0.1) is 5.92 Å². The van der Waals surface area contributed by atoms with Crippen molar-refractivity contribution in [2.24, 2.45) is 5.92 Å². The Bertz CT molecular complexity index is 1140. The van der Waals surface area contributed by atoms with E-state index in [2.05, 4.69) is 10.3 Å². The third-order valence-electron chi connectivity index (χ3n) is 6.17. The number of nitrogens with one attached hydrogen (secondary N) is 1. The van der Waals surface area contributed by atoms with E-state index in [1.165, 1.54) is 0 Å². The van der Waals surface area contributed by atoms with Crippen LogP contribution in [0.3, 0.4) is 0 Å². The van der Waals surface area contributed by atoms with E-state index in [4.69, 9.17) is 9.47 Å². The summed E-state index contributed by atoms with van der Waals surface area (Å²) in [7, 11) is 3.21. The Morgan fingerprint density at radius 3 is 2.47 bits per heavy atom. The summed E-state index contributed by atoms with van der Waals surface area (Å²) >= 11 is 0. The summed E-state index contributed by atoms with van der Waals surface area (Å²) in [6, 6.07) is 18.9. The van der Waals surface area contributed by atoms with Crippen molar-refractivity contribution in [3.8, 4) is 22.8 Å². The van der Waals surface area contributed by atoms with Crippen molar-refractivity contribution >= 4 is 11.8 Å². The number of methoxy groups -OCH3 is 2. The Labute approximate surface area is 199 Å². The van der Waals surface area contributed by atoms with E-state index < -0.39 is 0 Å². The van der Waals surface area contributed by atoms with Crippen LogP contribution >= 0.6 is 0 Å². The van der Waals surface area contributed by atoms with Crippen LogP contribution in [0.1, 0.15) is 28.8 Å². The highest BCUT2D eigenvalue weighted by Gasteiger charge is 2.28. The molecule has 0 radical (unpaired) electrons. The molecule has 7 heteroatoms. The van der Waals surface area contributed by atoms with E-state index in [1.807, 2.05) is 59.5 Å². The molecular weight excluding hydrogens is 430 g/mol. The van der Waals surface area contributed by atoms with Crippen LogP contribution in [0.4, 0.5) is 0 Å². The van der Waals surface area contributed by atoms with E-state index in [0.29, 0.717) is 49.5 Å². The summed E-state index contributed by atoms with van der Waals surface area (Å²) in [4.78, 5) is 32.1. The number of pyridine rings is 1. The molecule has 1 aliphatic heterocycles. The van der Waals surface area contributed by atoms with Gasteiger partial charge in [-0.25, -0.2) is 0 Å². The van der Waals surface area contributed by atoms with Gasteiger partial charge in [0.05, 0.1) is 19.9 Å². The summed E-state index contributed by atoms with van der Waals surface area (Å²) in [5.74, 6) is 1.25. The summed E-state index contributed by atoms with van der Waals surface area (Å²) in [5.41, 5.74) is 3.21. The minimum atomic E-state index is -0.127. The molecule has 0 unspecified atom stereocenters. The molecule has 2 amide bonds. The number of likely N-dealkylation sites (tertiary alicyclic amines) is 1. The van der Waals surface area contributed by atoms with Gasteiger partial charge in [-0.15, -0.1) is 0 Å². The number of amides is 2. The maximum absolute atomic E-state index is 13.1. The molecule has 0 spiro atoms. The van der Waals surface area contributed by atoms with Crippen LogP contribution in [0.5, 0.6) is 11.5 Å². The summed E-state index contributed by atoms with van der Waals surface area (Å²) < 4.78 is 10.7. The Morgan fingerprint density at radius 1 is 1.00 bits per heavy atom. The van der Waals surface area contributed by atoms with Crippen LogP contribution < -0.4 is 14.8 Å². The van der Waals surface area contributed by atoms with Gasteiger partial charge < -0.3 is 19.7 Å². The van der Waals surface area contributed by atoms with Gasteiger partial charge in [-0.1, -0.05) is 30.3 Å². The molecule has 4 rings (SSSR count). The minimum absolute atomic E-state index is 0.00718. The second-order valence-electron chi connectivity index (χ2n) is 8.26. The fourth-order valence-corrected chi connectivity index (χ4v) is 4.20. The Morgan fingerprint density at radius 2 is 1.76 bits per heavy atom. The Hall–Kier alpha value is -3.87. The summed E-state index contributed by atoms with van der Waals surface area (Å²) in [5, 5.41) is 3.01. The first-order valence-corrected chi connectivity index (χ1v) is 11.4. The smallest absolute Gasteiger partial charge is 0.253 e. The van der Waals surface area contributed by atoms with Gasteiger partial charge in [0.15, 0.2) is 0 Å². The van der Waals surface area contributed by atoms with Gasteiger partial charge in [0.2, 0.25) is 5.91 Å². The Kier molecular flexibility index (Phi) is 7.42. The first-order valence-electron chi connectivity index (χ1n) is 11.4. The zero-order valence-electron chi connectivity index (χ0n) is 19.5. The molecule has 1 saturated heterocycles. The Balaban J connectivity index is 1.33. The van der Waals surface area contributed by atoms with Crippen LogP contribution in [-0.4, -0.2) is 49.0 Å². The molecule has 1 aromatic heterocycles. The zero-order valence-corrected chi connectivity index (χ0v) is 19.5. The number of nitrogens with zero attached hydrogens (tertiary/aromatic N) is 2. The highest BCUT2D eigenvalue weighted by atomic mass is 16.5. The average Bonchev–Trinajstić information content (AvgIpc) is 2.91. The van der Waals surface area contributed by atoms with Crippen LogP contribution in [0.2, 0.25) is 0 Å². The van der Waals surface area contributed by atoms with Crippen molar-refractivity contribution < 1.29 is 19.1 Å². The lowest BCUT2D eigenvalue weighted by atomic mass is 9.95. The normalized spacial score (nSPS) is 13.9. The van der Waals surface area contributed by atoms with Crippen molar-refractivity contribution in [1.82, 2.24) is 15.2 Å². The van der Waals surface area contributed by atoms with Crippen LogP contribution in [0.15, 0.2) is 66.9 Å². The summed E-state index contributed by atoms with van der Waals surface area (Å²) in [6.45, 7) is 1.45. The number of aromatic nitrogens is 1. The van der Waals surface area contributed by atoms with E-state index in [9.17, 15) is 9.59 Å². The second kappa shape index (κ2) is 10.8. The lowest BCUT2D eigenvalue weighted by molar-refractivity contribution is -0.126. The third kappa shape index (κ3) is 5.36. The van der Waals surface area contributed by atoms with Gasteiger partial charge in [-0.05, 0) is 43.2 Å². The predicted octanol–water partition coefficient (Wildman–Crippen LogP) is 3.93. The molecule has 0 saturated carbocycles. The van der Waals surface area contributed by atoms with Gasteiger partial charge in [-0.2, -0.15) is 0 Å². The summed E-state index contributed by atoms with van der Waals surface area (Å²) in [6.07, 6.45) is 2.93. The third-order valence-corrected chi connectivity index (χ3v) is 6.17. The van der Waals surface area contributed by atoms with Gasteiger partial charge in [0.1, 0.15) is 11.5 Å². The number of carbonyl (C=O) groups is 2. The fourth-order valence-electron chi connectivity index (χ4n) is 4.20. The molecule has 1 aliphatic rings. The molecular formula is C27H29N3O4. The molecule has 0 bridgehead atoms. The van der Waals surface area contributed by atoms with Gasteiger partial charge in [0, 0.05) is 48.4 Å². The maximum atomic E-state index is 13.1. The lowest BCUT2D eigenvalue weighted by Crippen LogP contribution is -2.43. The maximum Gasteiger partial charge on any atom is 0.253 e. The predicted molar refractivity (Wildman–Crippen MR) is 130 cm³/mol. The molecule has 3 aromatic rings. The van der Waals surface area contributed by atoms with Crippen molar-refractivity contribution in [3.63, 3.8) is 0 Å². The SMILES string of the molecule is COc1ccc(OC)c(CNC(=O)C2CCN(C(=O)c3ccnc(-c4ccccc4)c3)CC2)c1. The van der Waals surface area contributed by atoms with Gasteiger partial charge >= 0.3 is 0 Å². The van der Waals surface area contributed by atoms with Crippen LogP contribution in [-0.2, 0) is 11.3 Å². The second-order valence-corrected chi connectivity index (χ2v) is 8.26. The van der Waals surface area contributed by atoms with Crippen molar-refractivity contribution in [3.05, 3.63) is 78.0 Å². The molecule has 0 atom stereocenters. The first kappa shape index (κ1) is 23.3. The number of rotatable bonds is 7. The molecule has 1 N–H and O–H groups in total. The molecule has 2 heterocycles. The molecule has 176 valence electrons. The molecule has 2 aromatic carbocycles. The number of carbonyl (C=O) groups excluding carboxylic acids is 2. The average molecular weight is 460 g/mol. The zero-order chi connectivity index (χ0) is 23.9. The largest absolute Gasteiger partial charge is 0.497 e. The van der Waals surface area contributed by atoms with E-state index in [1.54, 1.807) is 26.5 Å². The molecule has 34 heavy (non-hydrogen) atoms. The standard InChI is InChI=1S/C27H29N3O4/c1-33-23-8-9-25(34-2)22(16-23)18-29-26(31)20-11-14-30(15-12-20)27(32)21-10-13-28-24(17-21)19-6-4-3-5-7-19/h3-10,13,16-17,20H,11-12,14-15,18H2,1-2H3,(H,29,31).